The summed E-state index contributed by atoms with van der Waals surface area (Å²) in [4.78, 5) is 58.6. The van der Waals surface area contributed by atoms with Gasteiger partial charge in [0.2, 0.25) is 17.7 Å². The largest absolute Gasteiger partial charge is 0.455 e. The lowest BCUT2D eigenvalue weighted by Gasteiger charge is -2.37. The third kappa shape index (κ3) is 8.17. The summed E-state index contributed by atoms with van der Waals surface area (Å²) in [5, 5.41) is 12.1. The molecule has 10 nitrogen and oxygen atoms in total. The van der Waals surface area contributed by atoms with Crippen molar-refractivity contribution in [2.45, 2.75) is 93.4 Å². The molecule has 258 valence electrons. The molecule has 0 aliphatic carbocycles. The standard InChI is InChI=1S/C36H50BrN3O7/c1-4-7-18-28(42)38-24-27(25-16-12-11-13-17-25)46-35(45)29-30-33(43)40(21-14-9-10-15-22-41)32(36(30)23-26(37)31(29)47-36)34(44)39(19-6-3)20-8-5-2/h4,6,11-13,16-17,26-27,29-32,41H,1,3,5,7-10,14-15,18-24H2,2H3,(H,38,42)/t26?,27-,29+,30-,31+,32+,36-/m0/s1. The van der Waals surface area contributed by atoms with Gasteiger partial charge in [0.15, 0.2) is 0 Å². The molecule has 1 aromatic carbocycles. The van der Waals surface area contributed by atoms with Crippen LogP contribution in [0, 0.1) is 11.8 Å². The number of aliphatic hydroxyl groups is 1. The number of fused-ring (bicyclic) bond motifs is 1. The van der Waals surface area contributed by atoms with E-state index in [1.165, 1.54) is 0 Å². The maximum absolute atomic E-state index is 14.4. The van der Waals surface area contributed by atoms with Crippen LogP contribution < -0.4 is 5.32 Å². The van der Waals surface area contributed by atoms with Gasteiger partial charge in [0.05, 0.1) is 24.5 Å². The third-order valence-corrected chi connectivity index (χ3v) is 10.4. The van der Waals surface area contributed by atoms with Crippen molar-refractivity contribution in [2.75, 3.05) is 32.8 Å². The van der Waals surface area contributed by atoms with Gasteiger partial charge in [0.25, 0.3) is 0 Å². The number of halogens is 1. The van der Waals surface area contributed by atoms with Crippen molar-refractivity contribution in [1.29, 1.82) is 0 Å². The van der Waals surface area contributed by atoms with Gasteiger partial charge in [0.1, 0.15) is 17.7 Å². The van der Waals surface area contributed by atoms with Crippen molar-refractivity contribution < 1.29 is 33.8 Å². The number of likely N-dealkylation sites (tertiary alicyclic amines) is 1. The molecule has 1 unspecified atom stereocenters. The predicted molar refractivity (Wildman–Crippen MR) is 182 cm³/mol. The van der Waals surface area contributed by atoms with Gasteiger partial charge >= 0.3 is 5.97 Å². The van der Waals surface area contributed by atoms with Crippen LogP contribution in [0.25, 0.3) is 0 Å². The molecule has 3 aliphatic heterocycles. The summed E-state index contributed by atoms with van der Waals surface area (Å²) in [5.41, 5.74) is -0.473. The average molecular weight is 717 g/mol. The Morgan fingerprint density at radius 2 is 1.91 bits per heavy atom. The fourth-order valence-electron chi connectivity index (χ4n) is 7.28. The lowest BCUT2D eigenvalue weighted by molar-refractivity contribution is -0.160. The number of hydrogen-bond acceptors (Lipinski definition) is 7. The molecule has 0 saturated carbocycles. The summed E-state index contributed by atoms with van der Waals surface area (Å²) < 4.78 is 12.8. The number of nitrogens with one attached hydrogen (secondary N) is 1. The van der Waals surface area contributed by atoms with Crippen LogP contribution in [0.1, 0.15) is 76.4 Å². The minimum Gasteiger partial charge on any atom is -0.455 e. The Kier molecular flexibility index (Phi) is 13.6. The van der Waals surface area contributed by atoms with E-state index >= 15 is 0 Å². The van der Waals surface area contributed by atoms with E-state index in [0.29, 0.717) is 50.9 Å². The van der Waals surface area contributed by atoms with Crippen LogP contribution in [0.4, 0.5) is 0 Å². The van der Waals surface area contributed by atoms with Gasteiger partial charge in [-0.05, 0) is 37.7 Å². The minimum atomic E-state index is -1.19. The second kappa shape index (κ2) is 17.4. The number of ether oxygens (including phenoxy) is 2. The monoisotopic (exact) mass is 715 g/mol. The minimum absolute atomic E-state index is 0.0699. The highest BCUT2D eigenvalue weighted by Crippen LogP contribution is 2.60. The van der Waals surface area contributed by atoms with E-state index in [4.69, 9.17) is 9.47 Å². The van der Waals surface area contributed by atoms with Gasteiger partial charge in [-0.2, -0.15) is 0 Å². The quantitative estimate of drug-likeness (QED) is 0.0884. The van der Waals surface area contributed by atoms with Crippen molar-refractivity contribution in [3.63, 3.8) is 0 Å². The third-order valence-electron chi connectivity index (χ3n) is 9.54. The Morgan fingerprint density at radius 1 is 1.17 bits per heavy atom. The first-order chi connectivity index (χ1) is 22.7. The summed E-state index contributed by atoms with van der Waals surface area (Å²) in [6.07, 6.45) is 7.79. The van der Waals surface area contributed by atoms with E-state index in [9.17, 15) is 24.3 Å². The van der Waals surface area contributed by atoms with Gasteiger partial charge in [-0.25, -0.2) is 0 Å². The van der Waals surface area contributed by atoms with E-state index in [2.05, 4.69) is 41.3 Å². The summed E-state index contributed by atoms with van der Waals surface area (Å²) in [6, 6.07) is 8.31. The molecule has 7 atom stereocenters. The molecule has 3 saturated heterocycles. The number of unbranched alkanes of at least 4 members (excludes halogenated alkanes) is 4. The highest BCUT2D eigenvalue weighted by Gasteiger charge is 2.77. The van der Waals surface area contributed by atoms with Gasteiger partial charge in [0, 0.05) is 37.5 Å². The number of rotatable bonds is 20. The van der Waals surface area contributed by atoms with Gasteiger partial charge in [-0.3, -0.25) is 19.2 Å². The first-order valence-corrected chi connectivity index (χ1v) is 17.9. The Morgan fingerprint density at radius 3 is 2.60 bits per heavy atom. The summed E-state index contributed by atoms with van der Waals surface area (Å²) in [6.45, 7) is 11.0. The van der Waals surface area contributed by atoms with Crippen molar-refractivity contribution >= 4 is 39.6 Å². The Balaban J connectivity index is 1.63. The molecule has 11 heteroatoms. The number of nitrogens with zero attached hydrogens (tertiary/aromatic N) is 2. The molecule has 3 amide bonds. The fraction of sp³-hybridized carbons (Fsp3) is 0.611. The Bertz CT molecular complexity index is 1260. The number of esters is 1. The van der Waals surface area contributed by atoms with Gasteiger partial charge in [-0.1, -0.05) is 84.6 Å². The first-order valence-electron chi connectivity index (χ1n) is 17.0. The number of aliphatic hydroxyl groups excluding tert-OH is 1. The smallest absolute Gasteiger partial charge is 0.313 e. The number of carbonyl (C=O) groups excluding carboxylic acids is 4. The molecule has 2 N–H and O–H groups in total. The topological polar surface area (TPSA) is 125 Å². The predicted octanol–water partition coefficient (Wildman–Crippen LogP) is 4.47. The van der Waals surface area contributed by atoms with Crippen molar-refractivity contribution in [2.24, 2.45) is 11.8 Å². The van der Waals surface area contributed by atoms with Crippen LogP contribution in [0.5, 0.6) is 0 Å². The van der Waals surface area contributed by atoms with Crippen LogP contribution in [-0.2, 0) is 28.7 Å². The summed E-state index contributed by atoms with van der Waals surface area (Å²) in [7, 11) is 0. The summed E-state index contributed by atoms with van der Waals surface area (Å²) >= 11 is 3.74. The van der Waals surface area contributed by atoms with Crippen LogP contribution in [0.2, 0.25) is 0 Å². The number of benzene rings is 1. The molecule has 0 radical (unpaired) electrons. The van der Waals surface area contributed by atoms with Crippen molar-refractivity contribution in [3.05, 3.63) is 61.2 Å². The zero-order valence-electron chi connectivity index (χ0n) is 27.5. The zero-order chi connectivity index (χ0) is 34.0. The van der Waals surface area contributed by atoms with E-state index in [-0.39, 0.29) is 42.1 Å². The Labute approximate surface area is 287 Å². The van der Waals surface area contributed by atoms with E-state index in [1.807, 2.05) is 30.3 Å². The van der Waals surface area contributed by atoms with Crippen molar-refractivity contribution in [1.82, 2.24) is 15.1 Å². The molecule has 0 aromatic heterocycles. The molecule has 47 heavy (non-hydrogen) atoms. The van der Waals surface area contributed by atoms with Gasteiger partial charge < -0.3 is 29.7 Å². The van der Waals surface area contributed by atoms with Gasteiger partial charge in [-0.15, -0.1) is 13.2 Å². The first kappa shape index (κ1) is 36.8. The molecular weight excluding hydrogens is 666 g/mol. The van der Waals surface area contributed by atoms with E-state index in [0.717, 1.165) is 25.7 Å². The molecule has 2 bridgehead atoms. The zero-order valence-corrected chi connectivity index (χ0v) is 29.1. The average Bonchev–Trinajstić information content (AvgIpc) is 3.66. The molecular formula is C36H50BrN3O7. The summed E-state index contributed by atoms with van der Waals surface area (Å²) in [5.74, 6) is -3.03. The lowest BCUT2D eigenvalue weighted by atomic mass is 9.70. The van der Waals surface area contributed by atoms with E-state index < -0.39 is 41.7 Å². The highest BCUT2D eigenvalue weighted by molar-refractivity contribution is 9.09. The van der Waals surface area contributed by atoms with Crippen LogP contribution in [0.15, 0.2) is 55.6 Å². The second-order valence-electron chi connectivity index (χ2n) is 12.7. The SMILES string of the molecule is C=CCCC(=O)NC[C@H](OC(=O)[C@H]1[C@@H]2O[C@@]3(CC2Br)[C@@H]1C(=O)N(CCCCCCO)[C@@H]3C(=O)N(CC=C)CCCC)c1ccccc1. The number of hydrogen-bond donors (Lipinski definition) is 2. The molecule has 3 aliphatic rings. The van der Waals surface area contributed by atoms with Crippen LogP contribution >= 0.6 is 15.9 Å². The highest BCUT2D eigenvalue weighted by atomic mass is 79.9. The number of alkyl halides is 1. The maximum Gasteiger partial charge on any atom is 0.313 e. The lowest BCUT2D eigenvalue weighted by Crippen LogP contribution is -2.57. The number of allylic oxidation sites excluding steroid dienone is 1. The number of amides is 3. The molecule has 1 spiro atoms. The fourth-order valence-corrected chi connectivity index (χ4v) is 8.22. The molecule has 1 aromatic rings. The number of carbonyl (C=O) groups is 4. The normalized spacial score (nSPS) is 26.5. The van der Waals surface area contributed by atoms with Crippen molar-refractivity contribution in [3.8, 4) is 0 Å². The van der Waals surface area contributed by atoms with E-state index in [1.54, 1.807) is 22.0 Å². The maximum atomic E-state index is 14.4. The van der Waals surface area contributed by atoms with Crippen LogP contribution in [-0.4, -0.2) is 94.0 Å². The second-order valence-corrected chi connectivity index (χ2v) is 13.9. The molecule has 3 fully saturated rings. The Hall–Kier alpha value is -3.02. The molecule has 3 heterocycles. The van der Waals surface area contributed by atoms with Crippen LogP contribution in [0.3, 0.4) is 0 Å². The molecule has 4 rings (SSSR count).